The minimum atomic E-state index is -3.65. The summed E-state index contributed by atoms with van der Waals surface area (Å²) in [6.45, 7) is 1.63. The van der Waals surface area contributed by atoms with E-state index >= 15 is 0 Å². The summed E-state index contributed by atoms with van der Waals surface area (Å²) in [5, 5.41) is 3.05. The third-order valence-electron chi connectivity index (χ3n) is 6.92. The maximum atomic E-state index is 14.5. The van der Waals surface area contributed by atoms with Crippen molar-refractivity contribution in [3.63, 3.8) is 0 Å². The number of benzene rings is 2. The van der Waals surface area contributed by atoms with Crippen molar-refractivity contribution in [3.05, 3.63) is 59.9 Å². The molecule has 0 saturated heterocycles. The lowest BCUT2D eigenvalue weighted by atomic mass is 9.95. The standard InChI is InChI=1S/C28H38FN3O5S/c1-21(28(34)30-23-13-5-4-6-14-23)31(20-22-12-7-8-15-24(22)29)27(33)18-11-19-32(38(3,35)36)25-16-9-10-17-26(25)37-2/h7-10,12,15-17,21,23H,4-6,11,13-14,18-20H2,1-3H3,(H,30,34). The summed E-state index contributed by atoms with van der Waals surface area (Å²) in [5.41, 5.74) is 0.693. The van der Waals surface area contributed by atoms with E-state index in [2.05, 4.69) is 5.32 Å². The van der Waals surface area contributed by atoms with Crippen molar-refractivity contribution in [1.82, 2.24) is 10.2 Å². The van der Waals surface area contributed by atoms with Crippen LogP contribution in [-0.4, -0.2) is 57.1 Å². The summed E-state index contributed by atoms with van der Waals surface area (Å²) in [6.07, 6.45) is 6.36. The monoisotopic (exact) mass is 547 g/mol. The van der Waals surface area contributed by atoms with Gasteiger partial charge in [0.05, 0.1) is 19.1 Å². The van der Waals surface area contributed by atoms with Gasteiger partial charge >= 0.3 is 0 Å². The molecule has 2 aromatic rings. The minimum absolute atomic E-state index is 0.0172. The van der Waals surface area contributed by atoms with Crippen molar-refractivity contribution >= 4 is 27.5 Å². The number of hydrogen-bond acceptors (Lipinski definition) is 5. The van der Waals surface area contributed by atoms with Crippen LogP contribution in [0.25, 0.3) is 0 Å². The molecule has 0 bridgehead atoms. The maximum absolute atomic E-state index is 14.5. The first-order valence-corrected chi connectivity index (χ1v) is 14.9. The summed E-state index contributed by atoms with van der Waals surface area (Å²) in [6, 6.07) is 12.2. The lowest BCUT2D eigenvalue weighted by Gasteiger charge is -2.31. The van der Waals surface area contributed by atoms with Crippen LogP contribution >= 0.6 is 0 Å². The summed E-state index contributed by atoms with van der Waals surface area (Å²) >= 11 is 0. The number of carbonyl (C=O) groups excluding carboxylic acids is 2. The first kappa shape index (κ1) is 29.4. The van der Waals surface area contributed by atoms with Gasteiger partial charge in [0.15, 0.2) is 0 Å². The summed E-state index contributed by atoms with van der Waals surface area (Å²) in [4.78, 5) is 27.9. The van der Waals surface area contributed by atoms with Gasteiger partial charge in [0.1, 0.15) is 17.6 Å². The van der Waals surface area contributed by atoms with Gasteiger partial charge in [0, 0.05) is 31.1 Å². The van der Waals surface area contributed by atoms with Crippen molar-refractivity contribution in [2.24, 2.45) is 0 Å². The number of ether oxygens (including phenoxy) is 1. The van der Waals surface area contributed by atoms with E-state index in [0.717, 1.165) is 38.4 Å². The van der Waals surface area contributed by atoms with Crippen LogP contribution in [0.2, 0.25) is 0 Å². The second kappa shape index (κ2) is 13.6. The van der Waals surface area contributed by atoms with Gasteiger partial charge in [-0.2, -0.15) is 0 Å². The summed E-state index contributed by atoms with van der Waals surface area (Å²) in [5.74, 6) is -0.676. The predicted octanol–water partition coefficient (Wildman–Crippen LogP) is 4.25. The third kappa shape index (κ3) is 7.93. The number of rotatable bonds is 12. The molecule has 1 aliphatic rings. The van der Waals surface area contributed by atoms with E-state index in [1.807, 2.05) is 0 Å². The molecule has 0 radical (unpaired) electrons. The number of halogens is 1. The molecule has 1 atom stereocenters. The molecule has 8 nitrogen and oxygen atoms in total. The molecule has 2 aromatic carbocycles. The van der Waals surface area contributed by atoms with Crippen LogP contribution < -0.4 is 14.4 Å². The Morgan fingerprint density at radius 1 is 1.08 bits per heavy atom. The van der Waals surface area contributed by atoms with E-state index in [9.17, 15) is 22.4 Å². The SMILES string of the molecule is COc1ccccc1N(CCCC(=O)N(Cc1ccccc1F)C(C)C(=O)NC1CCCCC1)S(C)(=O)=O. The van der Waals surface area contributed by atoms with Crippen LogP contribution in [0.3, 0.4) is 0 Å². The maximum Gasteiger partial charge on any atom is 0.242 e. The van der Waals surface area contributed by atoms with Gasteiger partial charge in [0.2, 0.25) is 21.8 Å². The highest BCUT2D eigenvalue weighted by Crippen LogP contribution is 2.30. The smallest absolute Gasteiger partial charge is 0.242 e. The third-order valence-corrected chi connectivity index (χ3v) is 8.10. The lowest BCUT2D eigenvalue weighted by Crippen LogP contribution is -2.50. The van der Waals surface area contributed by atoms with Gasteiger partial charge in [-0.05, 0) is 44.4 Å². The van der Waals surface area contributed by atoms with Gasteiger partial charge in [-0.1, -0.05) is 49.6 Å². The number of anilines is 1. The highest BCUT2D eigenvalue weighted by molar-refractivity contribution is 7.92. The van der Waals surface area contributed by atoms with Crippen molar-refractivity contribution in [3.8, 4) is 5.75 Å². The highest BCUT2D eigenvalue weighted by Gasteiger charge is 2.29. The van der Waals surface area contributed by atoms with Crippen LogP contribution in [-0.2, 0) is 26.2 Å². The zero-order valence-electron chi connectivity index (χ0n) is 22.4. The molecule has 0 heterocycles. The molecule has 3 rings (SSSR count). The Kier molecular flexibility index (Phi) is 10.5. The molecule has 10 heteroatoms. The lowest BCUT2D eigenvalue weighted by molar-refractivity contribution is -0.141. The zero-order chi connectivity index (χ0) is 27.7. The second-order valence-electron chi connectivity index (χ2n) is 9.74. The molecule has 1 saturated carbocycles. The van der Waals surface area contributed by atoms with E-state index in [0.29, 0.717) is 17.0 Å². The highest BCUT2D eigenvalue weighted by atomic mass is 32.2. The Morgan fingerprint density at radius 3 is 2.39 bits per heavy atom. The number of sulfonamides is 1. The molecule has 208 valence electrons. The number of methoxy groups -OCH3 is 1. The average molecular weight is 548 g/mol. The summed E-state index contributed by atoms with van der Waals surface area (Å²) in [7, 11) is -2.19. The molecule has 38 heavy (non-hydrogen) atoms. The molecule has 1 unspecified atom stereocenters. The Hall–Kier alpha value is -3.14. The number of carbonyl (C=O) groups is 2. The molecule has 1 fully saturated rings. The number of hydrogen-bond donors (Lipinski definition) is 1. The molecular weight excluding hydrogens is 509 g/mol. The van der Waals surface area contributed by atoms with Crippen molar-refractivity contribution in [2.75, 3.05) is 24.2 Å². The van der Waals surface area contributed by atoms with Crippen LogP contribution in [0.1, 0.15) is 57.4 Å². The number of nitrogens with one attached hydrogen (secondary N) is 1. The second-order valence-corrected chi connectivity index (χ2v) is 11.6. The molecule has 1 aliphatic carbocycles. The Balaban J connectivity index is 1.74. The normalized spacial score (nSPS) is 14.9. The zero-order valence-corrected chi connectivity index (χ0v) is 23.2. The van der Waals surface area contributed by atoms with E-state index < -0.39 is 21.9 Å². The number of para-hydroxylation sites is 2. The fourth-order valence-corrected chi connectivity index (χ4v) is 5.75. The molecule has 0 aromatic heterocycles. The number of nitrogens with zero attached hydrogens (tertiary/aromatic N) is 2. The Morgan fingerprint density at radius 2 is 1.74 bits per heavy atom. The molecule has 0 spiro atoms. The van der Waals surface area contributed by atoms with E-state index in [1.165, 1.54) is 22.4 Å². The average Bonchev–Trinajstić information content (AvgIpc) is 2.90. The quantitative estimate of drug-likeness (QED) is 0.429. The van der Waals surface area contributed by atoms with Crippen molar-refractivity contribution in [1.29, 1.82) is 0 Å². The molecule has 2 amide bonds. The van der Waals surface area contributed by atoms with Crippen molar-refractivity contribution < 1.29 is 27.1 Å². The van der Waals surface area contributed by atoms with E-state index in [1.54, 1.807) is 49.4 Å². The van der Waals surface area contributed by atoms with Crippen molar-refractivity contribution in [2.45, 2.75) is 70.5 Å². The van der Waals surface area contributed by atoms with E-state index in [-0.39, 0.29) is 43.8 Å². The largest absolute Gasteiger partial charge is 0.495 e. The van der Waals surface area contributed by atoms with Gasteiger partial charge in [0.25, 0.3) is 0 Å². The van der Waals surface area contributed by atoms with Gasteiger partial charge in [-0.15, -0.1) is 0 Å². The predicted molar refractivity (Wildman–Crippen MR) is 146 cm³/mol. The topological polar surface area (TPSA) is 96.0 Å². The van der Waals surface area contributed by atoms with Gasteiger partial charge in [-0.25, -0.2) is 12.8 Å². The van der Waals surface area contributed by atoms with Crippen LogP contribution in [0.15, 0.2) is 48.5 Å². The van der Waals surface area contributed by atoms with Crippen LogP contribution in [0, 0.1) is 5.82 Å². The number of amides is 2. The molecule has 1 N–H and O–H groups in total. The molecular formula is C28H38FN3O5S. The molecule has 0 aliphatic heterocycles. The summed E-state index contributed by atoms with van der Waals surface area (Å²) < 4.78 is 46.1. The first-order valence-electron chi connectivity index (χ1n) is 13.1. The van der Waals surface area contributed by atoms with Gasteiger partial charge < -0.3 is 15.0 Å². The fourth-order valence-electron chi connectivity index (χ4n) is 4.78. The first-order chi connectivity index (χ1) is 18.1. The minimum Gasteiger partial charge on any atom is -0.495 e. The van der Waals surface area contributed by atoms with E-state index in [4.69, 9.17) is 4.74 Å². The Labute approximate surface area is 225 Å². The van der Waals surface area contributed by atoms with Gasteiger partial charge in [-0.3, -0.25) is 13.9 Å². The van der Waals surface area contributed by atoms with Crippen LogP contribution in [0.4, 0.5) is 10.1 Å². The van der Waals surface area contributed by atoms with Crippen LogP contribution in [0.5, 0.6) is 5.75 Å². The fraction of sp³-hybridized carbons (Fsp3) is 0.500. The Bertz CT molecular complexity index is 1200.